The van der Waals surface area contributed by atoms with Gasteiger partial charge in [0.2, 0.25) is 0 Å². The first-order valence-corrected chi connectivity index (χ1v) is 8.77. The third-order valence-corrected chi connectivity index (χ3v) is 4.55. The third-order valence-electron chi connectivity index (χ3n) is 4.55. The van der Waals surface area contributed by atoms with E-state index in [1.54, 1.807) is 0 Å². The number of rotatable bonds is 9. The fraction of sp³-hybridized carbons (Fsp3) is 0.429. The van der Waals surface area contributed by atoms with Crippen molar-refractivity contribution in [2.45, 2.75) is 44.6 Å². The zero-order valence-corrected chi connectivity index (χ0v) is 14.9. The first-order chi connectivity index (χ1) is 11.5. The highest BCUT2D eigenvalue weighted by molar-refractivity contribution is 5.46. The Hall–Kier alpha value is -1.84. The van der Waals surface area contributed by atoms with Gasteiger partial charge in [-0.2, -0.15) is 0 Å². The van der Waals surface area contributed by atoms with Crippen LogP contribution in [0.5, 0.6) is 0 Å². The van der Waals surface area contributed by atoms with Gasteiger partial charge in [-0.25, -0.2) is 0 Å². The summed E-state index contributed by atoms with van der Waals surface area (Å²) in [6.07, 6.45) is 9.49. The number of hydrogen-bond donors (Lipinski definition) is 2. The molecule has 0 saturated carbocycles. The molecule has 0 fully saturated rings. The van der Waals surface area contributed by atoms with Crippen molar-refractivity contribution in [2.24, 2.45) is 12.8 Å². The number of aliphatic hydroxyl groups is 1. The molecule has 0 spiro atoms. The van der Waals surface area contributed by atoms with Gasteiger partial charge in [0.15, 0.2) is 0 Å². The van der Waals surface area contributed by atoms with Crippen molar-refractivity contribution >= 4 is 6.08 Å². The van der Waals surface area contributed by atoms with Crippen molar-refractivity contribution in [3.8, 4) is 0 Å². The van der Waals surface area contributed by atoms with Gasteiger partial charge >= 0.3 is 0 Å². The van der Waals surface area contributed by atoms with Gasteiger partial charge < -0.3 is 15.4 Å². The van der Waals surface area contributed by atoms with Crippen LogP contribution >= 0.6 is 0 Å². The van der Waals surface area contributed by atoms with Crippen molar-refractivity contribution < 1.29 is 5.11 Å². The Balaban J connectivity index is 1.80. The molecule has 3 heteroatoms. The molecule has 1 heterocycles. The predicted octanol–water partition coefficient (Wildman–Crippen LogP) is 3.70. The monoisotopic (exact) mass is 326 g/mol. The van der Waals surface area contributed by atoms with E-state index in [-0.39, 0.29) is 6.61 Å². The molecule has 0 aliphatic carbocycles. The van der Waals surface area contributed by atoms with Crippen molar-refractivity contribution in [2.75, 3.05) is 6.61 Å². The molecule has 1 unspecified atom stereocenters. The molecule has 1 aromatic carbocycles. The van der Waals surface area contributed by atoms with Crippen molar-refractivity contribution in [1.29, 1.82) is 0 Å². The molecule has 1 aromatic heterocycles. The molecule has 24 heavy (non-hydrogen) atoms. The van der Waals surface area contributed by atoms with Gasteiger partial charge in [0.1, 0.15) is 0 Å². The van der Waals surface area contributed by atoms with E-state index in [0.29, 0.717) is 0 Å². The van der Waals surface area contributed by atoms with Gasteiger partial charge in [-0.1, -0.05) is 36.4 Å². The lowest BCUT2D eigenvalue weighted by Crippen LogP contribution is -2.40. The molecule has 0 bridgehead atoms. The Morgan fingerprint density at radius 1 is 1.12 bits per heavy atom. The van der Waals surface area contributed by atoms with E-state index in [9.17, 15) is 5.11 Å². The minimum atomic E-state index is -0.502. The maximum atomic E-state index is 9.25. The largest absolute Gasteiger partial charge is 0.394 e. The summed E-state index contributed by atoms with van der Waals surface area (Å²) < 4.78 is 2.21. The van der Waals surface area contributed by atoms with E-state index in [4.69, 9.17) is 5.73 Å². The van der Waals surface area contributed by atoms with E-state index in [1.165, 1.54) is 23.4 Å². The van der Waals surface area contributed by atoms with Gasteiger partial charge in [-0.3, -0.25) is 0 Å². The SMILES string of the molecule is Cn1c(/C=C/CCCc2ccccc2)ccc1CCC(C)(N)CO. The number of nitrogens with two attached hydrogens (primary N) is 1. The molecule has 3 nitrogen and oxygen atoms in total. The van der Waals surface area contributed by atoms with E-state index >= 15 is 0 Å². The highest BCUT2D eigenvalue weighted by atomic mass is 16.3. The van der Waals surface area contributed by atoms with Crippen LogP contribution in [-0.4, -0.2) is 21.8 Å². The molecule has 1 atom stereocenters. The molecule has 3 N–H and O–H groups in total. The second-order valence-electron chi connectivity index (χ2n) is 6.90. The number of aryl methyl sites for hydroxylation is 2. The van der Waals surface area contributed by atoms with E-state index < -0.39 is 5.54 Å². The molecule has 130 valence electrons. The maximum absolute atomic E-state index is 9.25. The standard InChI is InChI=1S/C21H30N2O/c1-21(22,17-24)16-15-20-14-13-19(23(20)2)12-8-4-7-11-18-9-5-3-6-10-18/h3,5-6,8-10,12-14,24H,4,7,11,15-17,22H2,1-2H3/b12-8+. The van der Waals surface area contributed by atoms with Gasteiger partial charge in [-0.05, 0) is 62.8 Å². The Morgan fingerprint density at radius 2 is 1.88 bits per heavy atom. The first kappa shape index (κ1) is 18.5. The van der Waals surface area contributed by atoms with Crippen LogP contribution in [0.1, 0.15) is 43.1 Å². The zero-order chi connectivity index (χ0) is 17.4. The van der Waals surface area contributed by atoms with Crippen LogP contribution in [0.3, 0.4) is 0 Å². The third kappa shape index (κ3) is 5.66. The average Bonchev–Trinajstić information content (AvgIpc) is 2.94. The number of hydrogen-bond acceptors (Lipinski definition) is 2. The molecule has 0 amide bonds. The van der Waals surface area contributed by atoms with Crippen LogP contribution in [0, 0.1) is 0 Å². The van der Waals surface area contributed by atoms with Gasteiger partial charge in [0.05, 0.1) is 6.61 Å². The number of nitrogens with zero attached hydrogens (tertiary/aromatic N) is 1. The zero-order valence-electron chi connectivity index (χ0n) is 14.9. The Kier molecular flexibility index (Phi) is 6.83. The molecule has 0 aliphatic rings. The van der Waals surface area contributed by atoms with Crippen LogP contribution < -0.4 is 5.73 Å². The number of allylic oxidation sites excluding steroid dienone is 1. The van der Waals surface area contributed by atoms with E-state index in [0.717, 1.165) is 25.7 Å². The maximum Gasteiger partial charge on any atom is 0.0608 e. The fourth-order valence-electron chi connectivity index (χ4n) is 2.75. The summed E-state index contributed by atoms with van der Waals surface area (Å²) in [6, 6.07) is 14.9. The van der Waals surface area contributed by atoms with Crippen LogP contribution in [0.15, 0.2) is 48.5 Å². The van der Waals surface area contributed by atoms with E-state index in [2.05, 4.69) is 66.2 Å². The summed E-state index contributed by atoms with van der Waals surface area (Å²) in [5.74, 6) is 0. The average molecular weight is 326 g/mol. The van der Waals surface area contributed by atoms with Crippen LogP contribution in [0.4, 0.5) is 0 Å². The minimum absolute atomic E-state index is 0.0194. The quantitative estimate of drug-likeness (QED) is 0.690. The summed E-state index contributed by atoms with van der Waals surface area (Å²) >= 11 is 0. The molecule has 0 saturated heterocycles. The fourth-order valence-corrected chi connectivity index (χ4v) is 2.75. The smallest absolute Gasteiger partial charge is 0.0608 e. The molecule has 2 aromatic rings. The molecule has 0 radical (unpaired) electrons. The normalized spacial score (nSPS) is 14.2. The van der Waals surface area contributed by atoms with Crippen molar-refractivity contribution in [3.63, 3.8) is 0 Å². The van der Waals surface area contributed by atoms with Crippen LogP contribution in [0.2, 0.25) is 0 Å². The Labute approximate surface area is 145 Å². The van der Waals surface area contributed by atoms with Crippen LogP contribution in [-0.2, 0) is 19.9 Å². The summed E-state index contributed by atoms with van der Waals surface area (Å²) in [5.41, 5.74) is 9.38. The highest BCUT2D eigenvalue weighted by Gasteiger charge is 2.17. The molecular weight excluding hydrogens is 296 g/mol. The number of aliphatic hydroxyl groups excluding tert-OH is 1. The lowest BCUT2D eigenvalue weighted by molar-refractivity contribution is 0.200. The Morgan fingerprint density at radius 3 is 2.58 bits per heavy atom. The minimum Gasteiger partial charge on any atom is -0.394 e. The lowest BCUT2D eigenvalue weighted by Gasteiger charge is -2.21. The first-order valence-electron chi connectivity index (χ1n) is 8.77. The lowest BCUT2D eigenvalue weighted by atomic mass is 9.97. The topological polar surface area (TPSA) is 51.2 Å². The van der Waals surface area contributed by atoms with Gasteiger partial charge in [-0.15, -0.1) is 0 Å². The number of unbranched alkanes of at least 4 members (excludes halogenated alkanes) is 1. The second-order valence-corrected chi connectivity index (χ2v) is 6.90. The number of benzene rings is 1. The molecular formula is C21H30N2O. The molecule has 2 rings (SSSR count). The van der Waals surface area contributed by atoms with E-state index in [1.807, 2.05) is 6.92 Å². The van der Waals surface area contributed by atoms with Crippen LogP contribution in [0.25, 0.3) is 6.08 Å². The summed E-state index contributed by atoms with van der Waals surface area (Å²) in [5, 5.41) is 9.25. The summed E-state index contributed by atoms with van der Waals surface area (Å²) in [4.78, 5) is 0. The molecule has 0 aliphatic heterocycles. The Bertz CT molecular complexity index is 641. The van der Waals surface area contributed by atoms with Crippen molar-refractivity contribution in [3.05, 3.63) is 65.5 Å². The van der Waals surface area contributed by atoms with Gasteiger partial charge in [0.25, 0.3) is 0 Å². The van der Waals surface area contributed by atoms with Gasteiger partial charge in [0, 0.05) is 24.0 Å². The summed E-state index contributed by atoms with van der Waals surface area (Å²) in [6.45, 7) is 1.91. The van der Waals surface area contributed by atoms with Crippen molar-refractivity contribution in [1.82, 2.24) is 4.57 Å². The summed E-state index contributed by atoms with van der Waals surface area (Å²) in [7, 11) is 2.09. The predicted molar refractivity (Wildman–Crippen MR) is 102 cm³/mol. The highest BCUT2D eigenvalue weighted by Crippen LogP contribution is 2.15. The number of aromatic nitrogens is 1. The second kappa shape index (κ2) is 8.86.